The summed E-state index contributed by atoms with van der Waals surface area (Å²) in [7, 11) is 3.25. The van der Waals surface area contributed by atoms with Crippen molar-refractivity contribution in [1.29, 1.82) is 0 Å². The molecule has 0 aliphatic carbocycles. The van der Waals surface area contributed by atoms with Gasteiger partial charge in [-0.3, -0.25) is 0 Å². The number of methoxy groups -OCH3 is 2. The standard InChI is InChI=1S/C17H20O3/c1-11(2)9-15(18)14-10-16(19-3)12-7-5-6-8-13(12)17(14)20-4/h5-10,15,18H,1-4H3. The van der Waals surface area contributed by atoms with Crippen LogP contribution in [0.2, 0.25) is 0 Å². The molecule has 0 aromatic heterocycles. The summed E-state index contributed by atoms with van der Waals surface area (Å²) in [6.45, 7) is 3.90. The van der Waals surface area contributed by atoms with Crippen LogP contribution in [-0.2, 0) is 0 Å². The predicted molar refractivity (Wildman–Crippen MR) is 81.4 cm³/mol. The monoisotopic (exact) mass is 272 g/mol. The molecule has 20 heavy (non-hydrogen) atoms. The van der Waals surface area contributed by atoms with Crippen LogP contribution in [0.1, 0.15) is 25.5 Å². The van der Waals surface area contributed by atoms with Gasteiger partial charge < -0.3 is 14.6 Å². The highest BCUT2D eigenvalue weighted by Gasteiger charge is 2.17. The summed E-state index contributed by atoms with van der Waals surface area (Å²) in [5.41, 5.74) is 1.76. The van der Waals surface area contributed by atoms with Gasteiger partial charge in [0.1, 0.15) is 17.6 Å². The zero-order chi connectivity index (χ0) is 14.7. The summed E-state index contributed by atoms with van der Waals surface area (Å²) in [6.07, 6.45) is 1.08. The summed E-state index contributed by atoms with van der Waals surface area (Å²) in [4.78, 5) is 0. The average Bonchev–Trinajstić information content (AvgIpc) is 2.44. The molecule has 0 aliphatic heterocycles. The number of fused-ring (bicyclic) bond motifs is 1. The maximum atomic E-state index is 10.4. The van der Waals surface area contributed by atoms with Crippen LogP contribution in [0.4, 0.5) is 0 Å². The first-order chi connectivity index (χ1) is 9.58. The molecule has 0 spiro atoms. The van der Waals surface area contributed by atoms with Gasteiger partial charge in [0.05, 0.1) is 14.2 Å². The molecule has 1 atom stereocenters. The third-order valence-corrected chi connectivity index (χ3v) is 3.22. The summed E-state index contributed by atoms with van der Waals surface area (Å²) < 4.78 is 11.0. The smallest absolute Gasteiger partial charge is 0.133 e. The van der Waals surface area contributed by atoms with Crippen LogP contribution < -0.4 is 9.47 Å². The average molecular weight is 272 g/mol. The van der Waals surface area contributed by atoms with Crippen LogP contribution in [0.3, 0.4) is 0 Å². The van der Waals surface area contributed by atoms with E-state index in [1.165, 1.54) is 0 Å². The Labute approximate surface area is 119 Å². The molecule has 0 saturated carbocycles. The first-order valence-corrected chi connectivity index (χ1v) is 6.55. The van der Waals surface area contributed by atoms with E-state index in [4.69, 9.17) is 9.47 Å². The molecule has 0 saturated heterocycles. The zero-order valence-corrected chi connectivity index (χ0v) is 12.3. The Hall–Kier alpha value is -2.00. The van der Waals surface area contributed by atoms with Crippen molar-refractivity contribution in [2.24, 2.45) is 0 Å². The molecule has 0 aliphatic rings. The number of aliphatic hydroxyl groups is 1. The van der Waals surface area contributed by atoms with E-state index < -0.39 is 6.10 Å². The fourth-order valence-corrected chi connectivity index (χ4v) is 2.36. The number of allylic oxidation sites excluding steroid dienone is 1. The number of aliphatic hydroxyl groups excluding tert-OH is 1. The highest BCUT2D eigenvalue weighted by molar-refractivity contribution is 5.94. The van der Waals surface area contributed by atoms with E-state index in [9.17, 15) is 5.11 Å². The third kappa shape index (κ3) is 2.63. The van der Waals surface area contributed by atoms with Crippen LogP contribution in [-0.4, -0.2) is 19.3 Å². The van der Waals surface area contributed by atoms with Crippen LogP contribution in [0.5, 0.6) is 11.5 Å². The Morgan fingerprint density at radius 2 is 1.75 bits per heavy atom. The highest BCUT2D eigenvalue weighted by Crippen LogP contribution is 2.39. The first-order valence-electron chi connectivity index (χ1n) is 6.55. The van der Waals surface area contributed by atoms with Crippen LogP contribution >= 0.6 is 0 Å². The Balaban J connectivity index is 2.74. The normalized spacial score (nSPS) is 12.1. The third-order valence-electron chi connectivity index (χ3n) is 3.22. The van der Waals surface area contributed by atoms with Gasteiger partial charge in [-0.2, -0.15) is 0 Å². The molecule has 0 bridgehead atoms. The van der Waals surface area contributed by atoms with Gasteiger partial charge >= 0.3 is 0 Å². The van der Waals surface area contributed by atoms with E-state index in [0.717, 1.165) is 22.1 Å². The Kier molecular flexibility index (Phi) is 4.30. The van der Waals surface area contributed by atoms with Crippen LogP contribution in [0.25, 0.3) is 10.8 Å². The fourth-order valence-electron chi connectivity index (χ4n) is 2.36. The molecule has 0 amide bonds. The fraction of sp³-hybridized carbons (Fsp3) is 0.294. The molecule has 0 radical (unpaired) electrons. The second-order valence-electron chi connectivity index (χ2n) is 4.94. The van der Waals surface area contributed by atoms with Crippen molar-refractivity contribution >= 4 is 10.8 Å². The molecule has 1 unspecified atom stereocenters. The van der Waals surface area contributed by atoms with Crippen molar-refractivity contribution in [2.45, 2.75) is 20.0 Å². The Bertz CT molecular complexity index is 640. The number of rotatable bonds is 4. The zero-order valence-electron chi connectivity index (χ0n) is 12.3. The van der Waals surface area contributed by atoms with Crippen LogP contribution in [0.15, 0.2) is 42.0 Å². The summed E-state index contributed by atoms with van der Waals surface area (Å²) in [5, 5.41) is 12.3. The van der Waals surface area contributed by atoms with E-state index >= 15 is 0 Å². The molecule has 2 aromatic rings. The molecule has 106 valence electrons. The summed E-state index contributed by atoms with van der Waals surface area (Å²) in [6, 6.07) is 9.69. The number of hydrogen-bond donors (Lipinski definition) is 1. The molecule has 1 N–H and O–H groups in total. The van der Waals surface area contributed by atoms with Crippen molar-refractivity contribution in [1.82, 2.24) is 0 Å². The Morgan fingerprint density at radius 1 is 1.10 bits per heavy atom. The molecular weight excluding hydrogens is 252 g/mol. The lowest BCUT2D eigenvalue weighted by atomic mass is 9.99. The lowest BCUT2D eigenvalue weighted by Gasteiger charge is -2.17. The van der Waals surface area contributed by atoms with E-state index in [2.05, 4.69) is 0 Å². The quantitative estimate of drug-likeness (QED) is 0.859. The maximum absolute atomic E-state index is 10.4. The van der Waals surface area contributed by atoms with E-state index in [-0.39, 0.29) is 0 Å². The largest absolute Gasteiger partial charge is 0.496 e. The number of hydrogen-bond acceptors (Lipinski definition) is 3. The van der Waals surface area contributed by atoms with Crippen molar-refractivity contribution in [2.75, 3.05) is 14.2 Å². The van der Waals surface area contributed by atoms with Crippen LogP contribution in [0, 0.1) is 0 Å². The Morgan fingerprint density at radius 3 is 2.30 bits per heavy atom. The lowest BCUT2D eigenvalue weighted by Crippen LogP contribution is -2.01. The van der Waals surface area contributed by atoms with Gasteiger partial charge in [-0.05, 0) is 19.9 Å². The molecule has 3 heteroatoms. The van der Waals surface area contributed by atoms with Gasteiger partial charge in [-0.15, -0.1) is 0 Å². The van der Waals surface area contributed by atoms with E-state index in [1.54, 1.807) is 20.3 Å². The van der Waals surface area contributed by atoms with Gasteiger partial charge in [0.15, 0.2) is 0 Å². The van der Waals surface area contributed by atoms with Crippen molar-refractivity contribution < 1.29 is 14.6 Å². The van der Waals surface area contributed by atoms with Gasteiger partial charge in [0.25, 0.3) is 0 Å². The maximum Gasteiger partial charge on any atom is 0.133 e. The van der Waals surface area contributed by atoms with E-state index in [1.807, 2.05) is 44.2 Å². The second kappa shape index (κ2) is 5.97. The molecule has 3 nitrogen and oxygen atoms in total. The summed E-state index contributed by atoms with van der Waals surface area (Å²) in [5.74, 6) is 1.42. The SMILES string of the molecule is COc1cc(C(O)C=C(C)C)c(OC)c2ccccc12. The first kappa shape index (κ1) is 14.4. The minimum Gasteiger partial charge on any atom is -0.496 e. The second-order valence-corrected chi connectivity index (χ2v) is 4.94. The molecular formula is C17H20O3. The molecule has 2 aromatic carbocycles. The summed E-state index contributed by atoms with van der Waals surface area (Å²) >= 11 is 0. The lowest BCUT2D eigenvalue weighted by molar-refractivity contribution is 0.222. The van der Waals surface area contributed by atoms with Gasteiger partial charge in [-0.25, -0.2) is 0 Å². The van der Waals surface area contributed by atoms with Gasteiger partial charge in [0, 0.05) is 16.3 Å². The minimum absolute atomic E-state index is 0.686. The van der Waals surface area contributed by atoms with Gasteiger partial charge in [0.2, 0.25) is 0 Å². The number of ether oxygens (including phenoxy) is 2. The van der Waals surface area contributed by atoms with E-state index in [0.29, 0.717) is 11.3 Å². The van der Waals surface area contributed by atoms with Gasteiger partial charge in [-0.1, -0.05) is 35.9 Å². The van der Waals surface area contributed by atoms with Crippen molar-refractivity contribution in [3.05, 3.63) is 47.5 Å². The highest BCUT2D eigenvalue weighted by atomic mass is 16.5. The van der Waals surface area contributed by atoms with Crippen molar-refractivity contribution in [3.8, 4) is 11.5 Å². The topological polar surface area (TPSA) is 38.7 Å². The molecule has 0 heterocycles. The van der Waals surface area contributed by atoms with Crippen molar-refractivity contribution in [3.63, 3.8) is 0 Å². The molecule has 2 rings (SSSR count). The predicted octanol–water partition coefficient (Wildman–Crippen LogP) is 3.86. The number of benzene rings is 2. The minimum atomic E-state index is -0.714. The molecule has 0 fully saturated rings.